The highest BCUT2D eigenvalue weighted by molar-refractivity contribution is 7.89. The van der Waals surface area contributed by atoms with E-state index in [9.17, 15) is 8.42 Å². The number of nitrogens with zero attached hydrogens (tertiary/aromatic N) is 2. The first-order valence-electron chi connectivity index (χ1n) is 8.30. The lowest BCUT2D eigenvalue weighted by molar-refractivity contribution is 0.581. The summed E-state index contributed by atoms with van der Waals surface area (Å²) in [7, 11) is -3.50. The highest BCUT2D eigenvalue weighted by Gasteiger charge is 2.18. The number of aryl methyl sites for hydroxylation is 2. The van der Waals surface area contributed by atoms with Crippen molar-refractivity contribution in [1.82, 2.24) is 14.3 Å². The van der Waals surface area contributed by atoms with E-state index in [0.29, 0.717) is 4.90 Å². The van der Waals surface area contributed by atoms with Crippen LogP contribution in [0.15, 0.2) is 66.1 Å². The van der Waals surface area contributed by atoms with Crippen molar-refractivity contribution in [3.63, 3.8) is 0 Å². The lowest BCUT2D eigenvalue weighted by Crippen LogP contribution is -2.23. The van der Waals surface area contributed by atoms with Gasteiger partial charge in [-0.2, -0.15) is 0 Å². The number of hydrogen-bond donors (Lipinski definition) is 1. The van der Waals surface area contributed by atoms with Crippen molar-refractivity contribution in [3.8, 4) is 5.69 Å². The van der Waals surface area contributed by atoms with Gasteiger partial charge in [-0.25, -0.2) is 18.1 Å². The lowest BCUT2D eigenvalue weighted by Gasteiger charge is -2.09. The Morgan fingerprint density at radius 1 is 1.04 bits per heavy atom. The molecule has 6 heteroatoms. The van der Waals surface area contributed by atoms with Crippen LogP contribution in [0.2, 0.25) is 0 Å². The first kappa shape index (κ1) is 16.1. The molecule has 0 spiro atoms. The Labute approximate surface area is 147 Å². The first-order chi connectivity index (χ1) is 12.1. The second kappa shape index (κ2) is 6.46. The monoisotopic (exact) mass is 353 g/mol. The van der Waals surface area contributed by atoms with Crippen molar-refractivity contribution in [2.24, 2.45) is 0 Å². The van der Waals surface area contributed by atoms with E-state index in [0.717, 1.165) is 36.1 Å². The minimum Gasteiger partial charge on any atom is -0.306 e. The minimum atomic E-state index is -3.50. The van der Waals surface area contributed by atoms with Crippen LogP contribution in [0, 0.1) is 0 Å². The van der Waals surface area contributed by atoms with Crippen LogP contribution in [0.1, 0.15) is 23.1 Å². The topological polar surface area (TPSA) is 64.0 Å². The van der Waals surface area contributed by atoms with Gasteiger partial charge in [0.1, 0.15) is 0 Å². The van der Waals surface area contributed by atoms with E-state index in [1.807, 2.05) is 47.2 Å². The Hall–Kier alpha value is -2.44. The van der Waals surface area contributed by atoms with E-state index in [1.54, 1.807) is 18.6 Å². The van der Waals surface area contributed by atoms with Gasteiger partial charge < -0.3 is 4.57 Å². The Kier molecular flexibility index (Phi) is 4.15. The van der Waals surface area contributed by atoms with Gasteiger partial charge in [-0.1, -0.05) is 18.2 Å². The predicted octanol–water partition coefficient (Wildman–Crippen LogP) is 2.84. The van der Waals surface area contributed by atoms with E-state index in [-0.39, 0.29) is 6.54 Å². The molecule has 1 aliphatic rings. The van der Waals surface area contributed by atoms with Crippen LogP contribution in [-0.2, 0) is 29.4 Å². The molecule has 3 aromatic rings. The highest BCUT2D eigenvalue weighted by Crippen LogP contribution is 2.24. The summed E-state index contributed by atoms with van der Waals surface area (Å²) in [5.41, 5.74) is 4.33. The summed E-state index contributed by atoms with van der Waals surface area (Å²) in [6.07, 6.45) is 8.44. The fraction of sp³-hybridized carbons (Fsp3) is 0.211. The van der Waals surface area contributed by atoms with Crippen LogP contribution in [0.4, 0.5) is 0 Å². The summed E-state index contributed by atoms with van der Waals surface area (Å²) in [6.45, 7) is 0.267. The third-order valence-electron chi connectivity index (χ3n) is 4.59. The van der Waals surface area contributed by atoms with Gasteiger partial charge in [0.05, 0.1) is 11.2 Å². The van der Waals surface area contributed by atoms with Gasteiger partial charge in [-0.05, 0) is 60.2 Å². The molecular weight excluding hydrogens is 334 g/mol. The number of rotatable bonds is 5. The zero-order valence-corrected chi connectivity index (χ0v) is 14.5. The van der Waals surface area contributed by atoms with Crippen LogP contribution in [-0.4, -0.2) is 18.0 Å². The number of hydrogen-bond acceptors (Lipinski definition) is 3. The second-order valence-corrected chi connectivity index (χ2v) is 8.01. The molecule has 4 rings (SSSR count). The fourth-order valence-electron chi connectivity index (χ4n) is 3.17. The van der Waals surface area contributed by atoms with E-state index in [4.69, 9.17) is 0 Å². The molecule has 1 N–H and O–H groups in total. The lowest BCUT2D eigenvalue weighted by atomic mass is 10.1. The molecule has 25 heavy (non-hydrogen) atoms. The molecule has 0 saturated heterocycles. The van der Waals surface area contributed by atoms with Crippen molar-refractivity contribution in [1.29, 1.82) is 0 Å². The van der Waals surface area contributed by atoms with Crippen LogP contribution in [0.3, 0.4) is 0 Å². The molecule has 2 aromatic carbocycles. The molecule has 0 radical (unpaired) electrons. The Morgan fingerprint density at radius 2 is 1.84 bits per heavy atom. The maximum Gasteiger partial charge on any atom is 0.240 e. The minimum absolute atomic E-state index is 0.267. The molecule has 1 heterocycles. The fourth-order valence-corrected chi connectivity index (χ4v) is 4.24. The van der Waals surface area contributed by atoms with Crippen LogP contribution in [0.25, 0.3) is 5.69 Å². The standard InChI is InChI=1S/C19H19N3O2S/c23-25(24,19-9-6-16-2-1-3-17(16)12-19)21-13-15-4-7-18(8-5-15)22-11-10-20-14-22/h4-12,14,21H,1-3,13H2. The van der Waals surface area contributed by atoms with E-state index in [1.165, 1.54) is 5.56 Å². The van der Waals surface area contributed by atoms with Crippen LogP contribution in [0.5, 0.6) is 0 Å². The quantitative estimate of drug-likeness (QED) is 0.767. The van der Waals surface area contributed by atoms with E-state index in [2.05, 4.69) is 9.71 Å². The third-order valence-corrected chi connectivity index (χ3v) is 5.98. The number of imidazole rings is 1. The summed E-state index contributed by atoms with van der Waals surface area (Å²) in [5, 5.41) is 0. The number of nitrogens with one attached hydrogen (secondary N) is 1. The largest absolute Gasteiger partial charge is 0.306 e. The number of aromatic nitrogens is 2. The van der Waals surface area contributed by atoms with Crippen molar-refractivity contribution in [2.45, 2.75) is 30.7 Å². The van der Waals surface area contributed by atoms with Gasteiger partial charge in [0.2, 0.25) is 10.0 Å². The van der Waals surface area contributed by atoms with Crippen molar-refractivity contribution in [2.75, 3.05) is 0 Å². The number of sulfonamides is 1. The van der Waals surface area contributed by atoms with Crippen molar-refractivity contribution >= 4 is 10.0 Å². The third kappa shape index (κ3) is 3.36. The van der Waals surface area contributed by atoms with Crippen LogP contribution >= 0.6 is 0 Å². The van der Waals surface area contributed by atoms with Gasteiger partial charge in [-0.15, -0.1) is 0 Å². The van der Waals surface area contributed by atoms with Crippen molar-refractivity contribution in [3.05, 3.63) is 77.9 Å². The van der Waals surface area contributed by atoms with Crippen molar-refractivity contribution < 1.29 is 8.42 Å². The van der Waals surface area contributed by atoms with Gasteiger partial charge >= 0.3 is 0 Å². The highest BCUT2D eigenvalue weighted by atomic mass is 32.2. The number of fused-ring (bicyclic) bond motifs is 1. The molecule has 0 unspecified atom stereocenters. The van der Waals surface area contributed by atoms with Gasteiger partial charge in [0, 0.05) is 24.6 Å². The molecule has 1 aliphatic carbocycles. The predicted molar refractivity (Wildman–Crippen MR) is 96.1 cm³/mol. The molecule has 0 amide bonds. The molecule has 1 aromatic heterocycles. The summed E-state index contributed by atoms with van der Waals surface area (Å²) in [4.78, 5) is 4.37. The summed E-state index contributed by atoms with van der Waals surface area (Å²) in [6, 6.07) is 13.2. The average molecular weight is 353 g/mol. The maximum atomic E-state index is 12.5. The molecule has 0 aliphatic heterocycles. The van der Waals surface area contributed by atoms with Crippen LogP contribution < -0.4 is 4.72 Å². The number of benzene rings is 2. The summed E-state index contributed by atoms with van der Waals surface area (Å²) >= 11 is 0. The van der Waals surface area contributed by atoms with E-state index < -0.39 is 10.0 Å². The zero-order chi connectivity index (χ0) is 17.3. The Morgan fingerprint density at radius 3 is 2.60 bits per heavy atom. The SMILES string of the molecule is O=S(=O)(NCc1ccc(-n2ccnc2)cc1)c1ccc2c(c1)CCC2. The van der Waals surface area contributed by atoms with E-state index >= 15 is 0 Å². The zero-order valence-electron chi connectivity index (χ0n) is 13.7. The smallest absolute Gasteiger partial charge is 0.240 e. The summed E-state index contributed by atoms with van der Waals surface area (Å²) < 4.78 is 29.7. The van der Waals surface area contributed by atoms with Gasteiger partial charge in [-0.3, -0.25) is 0 Å². The average Bonchev–Trinajstić information content (AvgIpc) is 3.31. The molecule has 0 atom stereocenters. The molecule has 0 fully saturated rings. The summed E-state index contributed by atoms with van der Waals surface area (Å²) in [5.74, 6) is 0. The molecule has 128 valence electrons. The second-order valence-electron chi connectivity index (χ2n) is 6.25. The maximum absolute atomic E-state index is 12.5. The molecule has 0 saturated carbocycles. The molecular formula is C19H19N3O2S. The normalized spacial score (nSPS) is 13.8. The van der Waals surface area contributed by atoms with Gasteiger partial charge in [0.25, 0.3) is 0 Å². The molecule has 5 nitrogen and oxygen atoms in total. The Bertz CT molecular complexity index is 978. The van der Waals surface area contributed by atoms with Gasteiger partial charge in [0.15, 0.2) is 0 Å². The Balaban J connectivity index is 1.47. The molecule has 0 bridgehead atoms. The first-order valence-corrected chi connectivity index (χ1v) is 9.79.